The van der Waals surface area contributed by atoms with Crippen molar-refractivity contribution >= 4 is 16.0 Å². The number of nitrogens with one attached hydrogen (secondary N) is 2. The maximum absolute atomic E-state index is 11.7. The van der Waals surface area contributed by atoms with Crippen LogP contribution in [0.5, 0.6) is 0 Å². The Balaban J connectivity index is 1.56. The van der Waals surface area contributed by atoms with Crippen molar-refractivity contribution in [1.82, 2.24) is 19.8 Å². The van der Waals surface area contributed by atoms with E-state index >= 15 is 0 Å². The van der Waals surface area contributed by atoms with Crippen LogP contribution in [0.1, 0.15) is 51.9 Å². The number of rotatable bonds is 7. The van der Waals surface area contributed by atoms with Crippen LogP contribution in [-0.4, -0.2) is 94.4 Å². The molecule has 2 N–H and O–H groups in total. The van der Waals surface area contributed by atoms with Crippen LogP contribution in [0, 0.1) is 5.92 Å². The smallest absolute Gasteiger partial charge is 0.211 e. The highest BCUT2D eigenvalue weighted by Gasteiger charge is 2.38. The van der Waals surface area contributed by atoms with Crippen LogP contribution >= 0.6 is 0 Å². The highest BCUT2D eigenvalue weighted by atomic mass is 32.2. The molecule has 0 radical (unpaired) electrons. The van der Waals surface area contributed by atoms with Crippen LogP contribution in [-0.2, 0) is 14.8 Å². The molecule has 0 aromatic rings. The van der Waals surface area contributed by atoms with E-state index in [0.717, 1.165) is 64.7 Å². The Morgan fingerprint density at radius 2 is 1.73 bits per heavy atom. The van der Waals surface area contributed by atoms with Crippen molar-refractivity contribution in [2.24, 2.45) is 10.9 Å². The SMILES string of the molecule is CCNC(=NCC1(N2CCOCC2)CCCCC1)NCC1CCN(S(C)(=O)=O)CC1. The highest BCUT2D eigenvalue weighted by molar-refractivity contribution is 7.88. The van der Waals surface area contributed by atoms with Crippen molar-refractivity contribution in [2.75, 3.05) is 65.3 Å². The summed E-state index contributed by atoms with van der Waals surface area (Å²) in [5.74, 6) is 1.37. The summed E-state index contributed by atoms with van der Waals surface area (Å²) in [6.07, 6.45) is 9.46. The van der Waals surface area contributed by atoms with Gasteiger partial charge in [0.25, 0.3) is 0 Å². The molecule has 3 fully saturated rings. The van der Waals surface area contributed by atoms with Gasteiger partial charge in [0.2, 0.25) is 10.0 Å². The average molecular weight is 444 g/mol. The molecule has 30 heavy (non-hydrogen) atoms. The lowest BCUT2D eigenvalue weighted by Gasteiger charge is -2.47. The minimum Gasteiger partial charge on any atom is -0.379 e. The Morgan fingerprint density at radius 1 is 1.07 bits per heavy atom. The Kier molecular flexibility index (Phi) is 8.80. The fraction of sp³-hybridized carbons (Fsp3) is 0.952. The molecule has 0 aromatic heterocycles. The van der Waals surface area contributed by atoms with E-state index in [-0.39, 0.29) is 5.54 Å². The summed E-state index contributed by atoms with van der Waals surface area (Å²) >= 11 is 0. The van der Waals surface area contributed by atoms with Gasteiger partial charge in [-0.25, -0.2) is 12.7 Å². The Hall–Kier alpha value is -0.900. The molecule has 0 spiro atoms. The molecule has 0 aromatic carbocycles. The second-order valence-corrected chi connectivity index (χ2v) is 11.0. The lowest BCUT2D eigenvalue weighted by atomic mass is 9.80. The molecule has 0 amide bonds. The maximum Gasteiger partial charge on any atom is 0.211 e. The molecule has 174 valence electrons. The van der Waals surface area contributed by atoms with Crippen molar-refractivity contribution in [1.29, 1.82) is 0 Å². The number of piperidine rings is 1. The van der Waals surface area contributed by atoms with Crippen molar-refractivity contribution in [2.45, 2.75) is 57.4 Å². The zero-order valence-corrected chi connectivity index (χ0v) is 19.7. The van der Waals surface area contributed by atoms with E-state index in [4.69, 9.17) is 9.73 Å². The van der Waals surface area contributed by atoms with E-state index in [9.17, 15) is 8.42 Å². The Labute approximate surface area is 182 Å². The number of nitrogens with zero attached hydrogens (tertiary/aromatic N) is 3. The van der Waals surface area contributed by atoms with Gasteiger partial charge in [0.15, 0.2) is 5.96 Å². The van der Waals surface area contributed by atoms with E-state index in [1.807, 2.05) is 0 Å². The summed E-state index contributed by atoms with van der Waals surface area (Å²) in [5, 5.41) is 6.94. The first kappa shape index (κ1) is 23.8. The molecule has 8 nitrogen and oxygen atoms in total. The van der Waals surface area contributed by atoms with Gasteiger partial charge in [-0.05, 0) is 38.5 Å². The fourth-order valence-corrected chi connectivity index (χ4v) is 5.95. The highest BCUT2D eigenvalue weighted by Crippen LogP contribution is 2.34. The van der Waals surface area contributed by atoms with Gasteiger partial charge in [-0.15, -0.1) is 0 Å². The molecule has 3 rings (SSSR count). The molecule has 2 aliphatic heterocycles. The van der Waals surface area contributed by atoms with Crippen molar-refractivity contribution in [3.63, 3.8) is 0 Å². The lowest BCUT2D eigenvalue weighted by Crippen LogP contribution is -2.56. The number of hydrogen-bond acceptors (Lipinski definition) is 5. The number of ether oxygens (including phenoxy) is 1. The molecular formula is C21H41N5O3S. The van der Waals surface area contributed by atoms with Crippen LogP contribution in [0.4, 0.5) is 0 Å². The first-order chi connectivity index (χ1) is 14.4. The first-order valence-electron chi connectivity index (χ1n) is 11.7. The number of hydrogen-bond donors (Lipinski definition) is 2. The summed E-state index contributed by atoms with van der Waals surface area (Å²) in [7, 11) is -3.06. The summed E-state index contributed by atoms with van der Waals surface area (Å²) in [4.78, 5) is 7.66. The van der Waals surface area contributed by atoms with E-state index in [0.29, 0.717) is 19.0 Å². The van der Waals surface area contributed by atoms with E-state index in [1.165, 1.54) is 38.4 Å². The average Bonchev–Trinajstić information content (AvgIpc) is 2.76. The predicted octanol–water partition coefficient (Wildman–Crippen LogP) is 1.25. The first-order valence-corrected chi connectivity index (χ1v) is 13.6. The van der Waals surface area contributed by atoms with E-state index < -0.39 is 10.0 Å². The zero-order chi connectivity index (χ0) is 21.5. The van der Waals surface area contributed by atoms with Gasteiger partial charge in [-0.2, -0.15) is 0 Å². The third-order valence-corrected chi connectivity index (χ3v) is 8.25. The van der Waals surface area contributed by atoms with Crippen LogP contribution in [0.15, 0.2) is 4.99 Å². The zero-order valence-electron chi connectivity index (χ0n) is 18.9. The summed E-state index contributed by atoms with van der Waals surface area (Å²) in [6, 6.07) is 0. The van der Waals surface area contributed by atoms with Crippen molar-refractivity contribution in [3.05, 3.63) is 0 Å². The molecule has 0 atom stereocenters. The van der Waals surface area contributed by atoms with Gasteiger partial charge >= 0.3 is 0 Å². The van der Waals surface area contributed by atoms with Gasteiger partial charge in [0.1, 0.15) is 0 Å². The second kappa shape index (κ2) is 11.1. The van der Waals surface area contributed by atoms with E-state index in [2.05, 4.69) is 22.5 Å². The quantitative estimate of drug-likeness (QED) is 0.455. The third kappa shape index (κ3) is 6.55. The van der Waals surface area contributed by atoms with Crippen molar-refractivity contribution < 1.29 is 13.2 Å². The largest absolute Gasteiger partial charge is 0.379 e. The molecule has 9 heteroatoms. The number of aliphatic imine (C=N–C) groups is 1. The van der Waals surface area contributed by atoms with Crippen LogP contribution in [0.3, 0.4) is 0 Å². The summed E-state index contributed by atoms with van der Waals surface area (Å²) in [6.45, 7) is 9.53. The second-order valence-electron chi connectivity index (χ2n) is 9.07. The molecule has 1 aliphatic carbocycles. The fourth-order valence-electron chi connectivity index (χ4n) is 5.08. The molecule has 3 aliphatic rings. The van der Waals surface area contributed by atoms with Gasteiger partial charge in [-0.1, -0.05) is 19.3 Å². The molecular weight excluding hydrogens is 402 g/mol. The van der Waals surface area contributed by atoms with Gasteiger partial charge in [0, 0.05) is 44.8 Å². The maximum atomic E-state index is 11.7. The van der Waals surface area contributed by atoms with Gasteiger partial charge < -0.3 is 15.4 Å². The predicted molar refractivity (Wildman–Crippen MR) is 121 cm³/mol. The lowest BCUT2D eigenvalue weighted by molar-refractivity contribution is -0.0333. The standard InChI is InChI=1S/C21H41N5O3S/c1-3-22-20(23-17-19-7-11-26(12-8-19)30(2,27)28)24-18-21(9-5-4-6-10-21)25-13-15-29-16-14-25/h19H,3-18H2,1-2H3,(H2,22,23,24). The summed E-state index contributed by atoms with van der Waals surface area (Å²) < 4.78 is 30.6. The van der Waals surface area contributed by atoms with Gasteiger partial charge in [-0.3, -0.25) is 9.89 Å². The van der Waals surface area contributed by atoms with Gasteiger partial charge in [0.05, 0.1) is 26.0 Å². The molecule has 1 saturated carbocycles. The topological polar surface area (TPSA) is 86.3 Å². The molecule has 2 saturated heterocycles. The number of guanidine groups is 1. The third-order valence-electron chi connectivity index (χ3n) is 6.94. The molecule has 2 heterocycles. The normalized spacial score (nSPS) is 25.2. The Morgan fingerprint density at radius 3 is 2.33 bits per heavy atom. The minimum absolute atomic E-state index is 0.172. The number of sulfonamides is 1. The van der Waals surface area contributed by atoms with Crippen molar-refractivity contribution in [3.8, 4) is 0 Å². The monoisotopic (exact) mass is 443 g/mol. The van der Waals surface area contributed by atoms with Crippen LogP contribution in [0.2, 0.25) is 0 Å². The molecule has 0 bridgehead atoms. The van der Waals surface area contributed by atoms with Crippen LogP contribution in [0.25, 0.3) is 0 Å². The minimum atomic E-state index is -3.06. The Bertz CT molecular complexity index is 650. The molecule has 0 unspecified atom stereocenters. The number of morpholine rings is 1. The summed E-state index contributed by atoms with van der Waals surface area (Å²) in [5.41, 5.74) is 0.172. The van der Waals surface area contributed by atoms with E-state index in [1.54, 1.807) is 4.31 Å². The van der Waals surface area contributed by atoms with Crippen LogP contribution < -0.4 is 10.6 Å².